The van der Waals surface area contributed by atoms with Gasteiger partial charge in [0.05, 0.1) is 6.10 Å². The number of rotatable bonds is 9. The maximum absolute atomic E-state index is 9.57. The van der Waals surface area contributed by atoms with Crippen LogP contribution in [0.5, 0.6) is 5.88 Å². The van der Waals surface area contributed by atoms with Crippen molar-refractivity contribution in [3.63, 3.8) is 0 Å². The Balaban J connectivity index is 2.61. The molecule has 0 aliphatic rings. The number of hydrogen-bond acceptors (Lipinski definition) is 4. The predicted molar refractivity (Wildman–Crippen MR) is 81.8 cm³/mol. The molecule has 0 bridgehead atoms. The highest BCUT2D eigenvalue weighted by Crippen LogP contribution is 2.25. The predicted octanol–water partition coefficient (Wildman–Crippen LogP) is 2.76. The Morgan fingerprint density at radius 1 is 1.35 bits per heavy atom. The zero-order chi connectivity index (χ0) is 15.0. The molecule has 1 aromatic rings. The minimum atomic E-state index is -0.0265. The third-order valence-corrected chi connectivity index (χ3v) is 3.85. The lowest BCUT2D eigenvalue weighted by atomic mass is 9.83. The van der Waals surface area contributed by atoms with E-state index in [1.165, 1.54) is 0 Å². The first-order chi connectivity index (χ1) is 9.56. The van der Waals surface area contributed by atoms with Gasteiger partial charge < -0.3 is 15.2 Å². The first kappa shape index (κ1) is 16.9. The summed E-state index contributed by atoms with van der Waals surface area (Å²) in [5.74, 6) is 0.692. The fraction of sp³-hybridized carbons (Fsp3) is 0.688. The van der Waals surface area contributed by atoms with Gasteiger partial charge in [0, 0.05) is 36.9 Å². The molecule has 20 heavy (non-hydrogen) atoms. The van der Waals surface area contributed by atoms with Crippen LogP contribution >= 0.6 is 0 Å². The number of ether oxygens (including phenoxy) is 1. The number of aliphatic hydroxyl groups excluding tert-OH is 1. The fourth-order valence-corrected chi connectivity index (χ4v) is 2.13. The molecule has 0 fully saturated rings. The van der Waals surface area contributed by atoms with E-state index in [0.29, 0.717) is 12.4 Å². The number of hydrogen-bond donors (Lipinski definition) is 2. The second-order valence-electron chi connectivity index (χ2n) is 5.60. The Morgan fingerprint density at radius 3 is 2.60 bits per heavy atom. The van der Waals surface area contributed by atoms with Crippen LogP contribution in [0.2, 0.25) is 0 Å². The monoisotopic (exact) mass is 280 g/mol. The van der Waals surface area contributed by atoms with Gasteiger partial charge in [0.1, 0.15) is 0 Å². The van der Waals surface area contributed by atoms with E-state index in [4.69, 9.17) is 4.74 Å². The molecule has 0 amide bonds. The van der Waals surface area contributed by atoms with E-state index in [2.05, 4.69) is 24.1 Å². The molecule has 1 aromatic heterocycles. The van der Waals surface area contributed by atoms with Gasteiger partial charge in [-0.2, -0.15) is 0 Å². The zero-order valence-corrected chi connectivity index (χ0v) is 13.1. The average molecular weight is 280 g/mol. The van der Waals surface area contributed by atoms with E-state index in [1.54, 1.807) is 6.20 Å². The maximum Gasteiger partial charge on any atom is 0.218 e. The molecule has 0 aromatic carbocycles. The van der Waals surface area contributed by atoms with E-state index in [9.17, 15) is 5.11 Å². The standard InChI is InChI=1S/C16H28N2O2/c1-5-16(6-2,12-19)11-17-10-14-8-7-9-18-15(14)20-13(3)4/h7-9,13,17,19H,5-6,10-12H2,1-4H3. The summed E-state index contributed by atoms with van der Waals surface area (Å²) in [6.07, 6.45) is 3.80. The van der Waals surface area contributed by atoms with Crippen LogP contribution in [0.15, 0.2) is 18.3 Å². The van der Waals surface area contributed by atoms with Crippen molar-refractivity contribution in [2.45, 2.75) is 53.2 Å². The van der Waals surface area contributed by atoms with Crippen LogP contribution in [0.3, 0.4) is 0 Å². The average Bonchev–Trinajstić information content (AvgIpc) is 2.45. The molecule has 0 unspecified atom stereocenters. The Hall–Kier alpha value is -1.13. The van der Waals surface area contributed by atoms with Crippen LogP contribution in [0.1, 0.15) is 46.1 Å². The van der Waals surface area contributed by atoms with Gasteiger partial charge in [-0.3, -0.25) is 0 Å². The van der Waals surface area contributed by atoms with Crippen molar-refractivity contribution in [1.29, 1.82) is 0 Å². The van der Waals surface area contributed by atoms with Crippen molar-refractivity contribution in [3.8, 4) is 5.88 Å². The van der Waals surface area contributed by atoms with Gasteiger partial charge in [-0.25, -0.2) is 4.98 Å². The Kier molecular flexibility index (Phi) is 6.96. The Bertz CT molecular complexity index is 382. The summed E-state index contributed by atoms with van der Waals surface area (Å²) >= 11 is 0. The summed E-state index contributed by atoms with van der Waals surface area (Å²) in [5.41, 5.74) is 1.03. The molecule has 4 nitrogen and oxygen atoms in total. The molecule has 0 spiro atoms. The molecule has 0 aliphatic carbocycles. The van der Waals surface area contributed by atoms with Gasteiger partial charge in [0.25, 0.3) is 0 Å². The SMILES string of the molecule is CCC(CC)(CO)CNCc1cccnc1OC(C)C. The van der Waals surface area contributed by atoms with E-state index >= 15 is 0 Å². The lowest BCUT2D eigenvalue weighted by molar-refractivity contribution is 0.113. The van der Waals surface area contributed by atoms with Crippen molar-refractivity contribution in [1.82, 2.24) is 10.3 Å². The van der Waals surface area contributed by atoms with E-state index in [-0.39, 0.29) is 18.1 Å². The van der Waals surface area contributed by atoms with Crippen LogP contribution in [0.25, 0.3) is 0 Å². The van der Waals surface area contributed by atoms with Crippen molar-refractivity contribution < 1.29 is 9.84 Å². The van der Waals surface area contributed by atoms with Crippen molar-refractivity contribution in [2.24, 2.45) is 5.41 Å². The number of pyridine rings is 1. The van der Waals surface area contributed by atoms with Crippen LogP contribution in [0, 0.1) is 5.41 Å². The first-order valence-electron chi connectivity index (χ1n) is 7.49. The summed E-state index contributed by atoms with van der Waals surface area (Å²) < 4.78 is 5.71. The van der Waals surface area contributed by atoms with E-state index in [1.807, 2.05) is 26.0 Å². The zero-order valence-electron chi connectivity index (χ0n) is 13.1. The molecule has 0 atom stereocenters. The molecule has 1 heterocycles. The van der Waals surface area contributed by atoms with Crippen molar-refractivity contribution in [3.05, 3.63) is 23.9 Å². The highest BCUT2D eigenvalue weighted by molar-refractivity contribution is 5.25. The largest absolute Gasteiger partial charge is 0.475 e. The number of nitrogens with zero attached hydrogens (tertiary/aromatic N) is 1. The molecule has 0 aliphatic heterocycles. The fourth-order valence-electron chi connectivity index (χ4n) is 2.13. The van der Waals surface area contributed by atoms with Gasteiger partial charge in [0.15, 0.2) is 0 Å². The highest BCUT2D eigenvalue weighted by atomic mass is 16.5. The lowest BCUT2D eigenvalue weighted by Crippen LogP contribution is -2.36. The van der Waals surface area contributed by atoms with E-state index in [0.717, 1.165) is 24.9 Å². The van der Waals surface area contributed by atoms with Gasteiger partial charge in [-0.05, 0) is 32.8 Å². The summed E-state index contributed by atoms with van der Waals surface area (Å²) in [7, 11) is 0. The normalized spacial score (nSPS) is 11.9. The van der Waals surface area contributed by atoms with Gasteiger partial charge in [-0.1, -0.05) is 19.9 Å². The lowest BCUT2D eigenvalue weighted by Gasteiger charge is -2.29. The second-order valence-corrected chi connectivity index (χ2v) is 5.60. The molecule has 2 N–H and O–H groups in total. The summed E-state index contributed by atoms with van der Waals surface area (Å²) in [6.45, 7) is 9.96. The number of aliphatic hydroxyl groups is 1. The molecular formula is C16H28N2O2. The number of aromatic nitrogens is 1. The Morgan fingerprint density at radius 2 is 2.05 bits per heavy atom. The topological polar surface area (TPSA) is 54.4 Å². The van der Waals surface area contributed by atoms with Crippen molar-refractivity contribution >= 4 is 0 Å². The third kappa shape index (κ3) is 4.76. The minimum Gasteiger partial charge on any atom is -0.475 e. The minimum absolute atomic E-state index is 0.0265. The molecular weight excluding hydrogens is 252 g/mol. The van der Waals surface area contributed by atoms with Gasteiger partial charge >= 0.3 is 0 Å². The second kappa shape index (κ2) is 8.22. The highest BCUT2D eigenvalue weighted by Gasteiger charge is 2.24. The maximum atomic E-state index is 9.57. The van der Waals surface area contributed by atoms with Crippen molar-refractivity contribution in [2.75, 3.05) is 13.2 Å². The summed E-state index contributed by atoms with van der Waals surface area (Å²) in [4.78, 5) is 4.28. The van der Waals surface area contributed by atoms with E-state index < -0.39 is 0 Å². The quantitative estimate of drug-likeness (QED) is 0.730. The molecule has 0 saturated heterocycles. The number of nitrogens with one attached hydrogen (secondary N) is 1. The molecule has 0 radical (unpaired) electrons. The summed E-state index contributed by atoms with van der Waals surface area (Å²) in [5, 5.41) is 13.0. The Labute approximate surface area is 122 Å². The summed E-state index contributed by atoms with van der Waals surface area (Å²) in [6, 6.07) is 3.94. The molecule has 4 heteroatoms. The third-order valence-electron chi connectivity index (χ3n) is 3.85. The van der Waals surface area contributed by atoms with Crippen LogP contribution in [-0.2, 0) is 6.54 Å². The molecule has 114 valence electrons. The molecule has 1 rings (SSSR count). The van der Waals surface area contributed by atoms with Gasteiger partial charge in [-0.15, -0.1) is 0 Å². The van der Waals surface area contributed by atoms with Crippen LogP contribution < -0.4 is 10.1 Å². The first-order valence-corrected chi connectivity index (χ1v) is 7.49. The van der Waals surface area contributed by atoms with Gasteiger partial charge in [0.2, 0.25) is 5.88 Å². The van der Waals surface area contributed by atoms with Crippen LogP contribution in [0.4, 0.5) is 0 Å². The molecule has 0 saturated carbocycles. The van der Waals surface area contributed by atoms with Crippen LogP contribution in [-0.4, -0.2) is 29.3 Å². The smallest absolute Gasteiger partial charge is 0.218 e.